The Morgan fingerprint density at radius 3 is 2.66 bits per heavy atom. The van der Waals surface area contributed by atoms with E-state index in [1.165, 1.54) is 27.3 Å². The van der Waals surface area contributed by atoms with Crippen LogP contribution in [0.15, 0.2) is 59.1 Å². The van der Waals surface area contributed by atoms with Crippen molar-refractivity contribution in [1.82, 2.24) is 14.3 Å². The molecule has 4 aromatic rings. The molecule has 0 N–H and O–H groups in total. The van der Waals surface area contributed by atoms with Crippen LogP contribution >= 0.6 is 34.3 Å². The van der Waals surface area contributed by atoms with Gasteiger partial charge in [0.25, 0.3) is 10.0 Å². The number of sulfonamides is 1. The quantitative estimate of drug-likeness (QED) is 0.312. The molecule has 1 aliphatic rings. The third-order valence-corrected chi connectivity index (χ3v) is 10.7. The van der Waals surface area contributed by atoms with E-state index in [0.29, 0.717) is 22.3 Å². The molecule has 0 aliphatic carbocycles. The topological polar surface area (TPSA) is 83.5 Å². The zero-order valence-electron chi connectivity index (χ0n) is 18.9. The molecule has 35 heavy (non-hydrogen) atoms. The van der Waals surface area contributed by atoms with Crippen LogP contribution in [0.1, 0.15) is 30.9 Å². The summed E-state index contributed by atoms with van der Waals surface area (Å²) in [5.41, 5.74) is 2.90. The number of pyridine rings is 1. The van der Waals surface area contributed by atoms with Gasteiger partial charge in [0.1, 0.15) is 10.3 Å². The van der Waals surface area contributed by atoms with Gasteiger partial charge in [-0.2, -0.15) is 4.31 Å². The van der Waals surface area contributed by atoms with E-state index in [1.807, 2.05) is 24.3 Å². The van der Waals surface area contributed by atoms with E-state index in [9.17, 15) is 13.2 Å². The number of hydrogen-bond acceptors (Lipinski definition) is 7. The van der Waals surface area contributed by atoms with Gasteiger partial charge in [-0.15, -0.1) is 11.3 Å². The van der Waals surface area contributed by atoms with Crippen molar-refractivity contribution >= 4 is 65.6 Å². The van der Waals surface area contributed by atoms with Crippen LogP contribution in [0.3, 0.4) is 0 Å². The number of nitrogens with zero attached hydrogens (tertiary/aromatic N) is 4. The fourth-order valence-electron chi connectivity index (χ4n) is 4.21. The Hall–Kier alpha value is -2.37. The van der Waals surface area contributed by atoms with Crippen LogP contribution < -0.4 is 4.90 Å². The summed E-state index contributed by atoms with van der Waals surface area (Å²) in [6.07, 6.45) is 5.32. The molecule has 0 saturated carbocycles. The van der Waals surface area contributed by atoms with Crippen LogP contribution in [0.5, 0.6) is 0 Å². The molecule has 1 aliphatic heterocycles. The second kappa shape index (κ2) is 9.94. The number of carbonyl (C=O) groups excluding carboxylic acids is 1. The number of hydrogen-bond donors (Lipinski definition) is 0. The minimum Gasteiger partial charge on any atom is -0.282 e. The zero-order valence-corrected chi connectivity index (χ0v) is 22.1. The van der Waals surface area contributed by atoms with Gasteiger partial charge in [0.05, 0.1) is 21.1 Å². The standard InChI is InChI=1S/C24H23ClN4O3S3/c1-2-16-5-6-18-20(14-16)33-24(27-18)28(15-17-9-11-26-12-10-17)23(30)19-4-3-13-29(19)35(31,32)22-8-7-21(25)34-22/h5-12,14,19H,2-4,13,15H2,1H3. The second-order valence-electron chi connectivity index (χ2n) is 8.26. The lowest BCUT2D eigenvalue weighted by molar-refractivity contribution is -0.121. The van der Waals surface area contributed by atoms with Crippen LogP contribution in [0, 0.1) is 0 Å². The molecule has 7 nitrogen and oxygen atoms in total. The Kier molecular flexibility index (Phi) is 6.91. The van der Waals surface area contributed by atoms with Gasteiger partial charge in [0, 0.05) is 18.9 Å². The molecule has 1 atom stereocenters. The van der Waals surface area contributed by atoms with Crippen molar-refractivity contribution in [3.05, 3.63) is 70.3 Å². The minimum atomic E-state index is -3.84. The Morgan fingerprint density at radius 2 is 1.94 bits per heavy atom. The lowest BCUT2D eigenvalue weighted by atomic mass is 10.2. The maximum absolute atomic E-state index is 14.0. The molecule has 0 spiro atoms. The van der Waals surface area contributed by atoms with E-state index >= 15 is 0 Å². The number of thiazole rings is 1. The predicted octanol–water partition coefficient (Wildman–Crippen LogP) is 5.36. The second-order valence-corrected chi connectivity index (χ2v) is 13.1. The molecule has 0 bridgehead atoms. The normalized spacial score (nSPS) is 16.7. The summed E-state index contributed by atoms with van der Waals surface area (Å²) in [5, 5.41) is 0.554. The van der Waals surface area contributed by atoms with Crippen LogP contribution in [0.25, 0.3) is 10.2 Å². The van der Waals surface area contributed by atoms with Crippen LogP contribution in [-0.2, 0) is 27.8 Å². The highest BCUT2D eigenvalue weighted by molar-refractivity contribution is 7.91. The number of aromatic nitrogens is 2. The van der Waals surface area contributed by atoms with Crippen molar-refractivity contribution in [1.29, 1.82) is 0 Å². The lowest BCUT2D eigenvalue weighted by Gasteiger charge is -2.28. The van der Waals surface area contributed by atoms with Gasteiger partial charge in [0.2, 0.25) is 5.91 Å². The fraction of sp³-hybridized carbons (Fsp3) is 0.292. The molecule has 1 fully saturated rings. The molecule has 4 heterocycles. The van der Waals surface area contributed by atoms with Gasteiger partial charge in [-0.3, -0.25) is 14.7 Å². The van der Waals surface area contributed by atoms with Crippen molar-refractivity contribution in [3.63, 3.8) is 0 Å². The van der Waals surface area contributed by atoms with E-state index in [-0.39, 0.29) is 23.2 Å². The van der Waals surface area contributed by atoms with Crippen molar-refractivity contribution in [2.75, 3.05) is 11.4 Å². The third kappa shape index (κ3) is 4.85. The molecule has 11 heteroatoms. The molecule has 1 unspecified atom stereocenters. The Labute approximate surface area is 217 Å². The van der Waals surface area contributed by atoms with Gasteiger partial charge < -0.3 is 0 Å². The number of halogens is 1. The summed E-state index contributed by atoms with van der Waals surface area (Å²) in [7, 11) is -3.84. The number of amides is 1. The summed E-state index contributed by atoms with van der Waals surface area (Å²) in [5.74, 6) is -0.277. The van der Waals surface area contributed by atoms with Crippen molar-refractivity contribution in [2.24, 2.45) is 0 Å². The minimum absolute atomic E-state index is 0.148. The number of anilines is 1. The Bertz CT molecular complexity index is 1470. The van der Waals surface area contributed by atoms with Crippen LogP contribution in [-0.4, -0.2) is 41.2 Å². The molecule has 5 rings (SSSR count). The first-order valence-electron chi connectivity index (χ1n) is 11.2. The first-order chi connectivity index (χ1) is 16.9. The van der Waals surface area contributed by atoms with Gasteiger partial charge >= 0.3 is 0 Å². The number of carbonyl (C=O) groups is 1. The number of rotatable bonds is 7. The van der Waals surface area contributed by atoms with Gasteiger partial charge in [-0.1, -0.05) is 35.9 Å². The van der Waals surface area contributed by atoms with Gasteiger partial charge in [-0.25, -0.2) is 13.4 Å². The highest BCUT2D eigenvalue weighted by atomic mass is 35.5. The van der Waals surface area contributed by atoms with Crippen molar-refractivity contribution in [2.45, 2.75) is 43.0 Å². The van der Waals surface area contributed by atoms with E-state index in [1.54, 1.807) is 23.4 Å². The van der Waals surface area contributed by atoms with Crippen molar-refractivity contribution < 1.29 is 13.2 Å². The van der Waals surface area contributed by atoms with Gasteiger partial charge in [-0.05, 0) is 66.8 Å². The van der Waals surface area contributed by atoms with E-state index in [4.69, 9.17) is 16.6 Å². The first kappa shape index (κ1) is 24.3. The summed E-state index contributed by atoms with van der Waals surface area (Å²) in [4.78, 5) is 24.4. The SMILES string of the molecule is CCc1ccc2nc(N(Cc3ccncc3)C(=O)C3CCCN3S(=O)(=O)c3ccc(Cl)s3)sc2c1. The fourth-order valence-corrected chi connectivity index (χ4v) is 8.51. The maximum atomic E-state index is 14.0. The number of fused-ring (bicyclic) bond motifs is 1. The molecule has 1 aromatic carbocycles. The van der Waals surface area contributed by atoms with E-state index in [0.717, 1.165) is 33.5 Å². The highest BCUT2D eigenvalue weighted by Gasteiger charge is 2.42. The average molecular weight is 547 g/mol. The first-order valence-corrected chi connectivity index (χ1v) is 14.7. The Balaban J connectivity index is 1.52. The largest absolute Gasteiger partial charge is 0.282 e. The summed E-state index contributed by atoms with van der Waals surface area (Å²) < 4.78 is 29.6. The van der Waals surface area contributed by atoms with E-state index in [2.05, 4.69) is 18.0 Å². The lowest BCUT2D eigenvalue weighted by Crippen LogP contribution is -2.47. The molecular formula is C24H23ClN4O3S3. The molecule has 0 radical (unpaired) electrons. The third-order valence-electron chi connectivity index (χ3n) is 6.04. The van der Waals surface area contributed by atoms with Crippen LogP contribution in [0.2, 0.25) is 4.34 Å². The smallest absolute Gasteiger partial charge is 0.253 e. The Morgan fingerprint density at radius 1 is 1.14 bits per heavy atom. The zero-order chi connectivity index (χ0) is 24.6. The average Bonchev–Trinajstić information content (AvgIpc) is 3.61. The monoisotopic (exact) mass is 546 g/mol. The molecule has 182 valence electrons. The van der Waals surface area contributed by atoms with Gasteiger partial charge in [0.15, 0.2) is 5.13 Å². The predicted molar refractivity (Wildman–Crippen MR) is 141 cm³/mol. The molecule has 1 saturated heterocycles. The maximum Gasteiger partial charge on any atom is 0.253 e. The molecule has 1 amide bonds. The number of benzene rings is 1. The van der Waals surface area contributed by atoms with Crippen molar-refractivity contribution in [3.8, 4) is 0 Å². The number of thiophene rings is 1. The summed E-state index contributed by atoms with van der Waals surface area (Å²) in [6.45, 7) is 2.66. The highest BCUT2D eigenvalue weighted by Crippen LogP contribution is 2.35. The number of aryl methyl sites for hydroxylation is 1. The molecular weight excluding hydrogens is 524 g/mol. The van der Waals surface area contributed by atoms with E-state index < -0.39 is 16.1 Å². The van der Waals surface area contributed by atoms with Crippen LogP contribution in [0.4, 0.5) is 5.13 Å². The summed E-state index contributed by atoms with van der Waals surface area (Å²) >= 11 is 8.45. The summed E-state index contributed by atoms with van der Waals surface area (Å²) in [6, 6.07) is 12.1. The molecule has 3 aromatic heterocycles.